The van der Waals surface area contributed by atoms with E-state index in [2.05, 4.69) is 5.32 Å². The van der Waals surface area contributed by atoms with Crippen LogP contribution >= 0.6 is 23.4 Å². The highest BCUT2D eigenvalue weighted by Gasteiger charge is 2.43. The number of rotatable bonds is 3. The lowest BCUT2D eigenvalue weighted by atomic mass is 9.98. The van der Waals surface area contributed by atoms with E-state index in [0.29, 0.717) is 22.8 Å². The Bertz CT molecular complexity index is 527. The second-order valence-electron chi connectivity index (χ2n) is 4.60. The minimum atomic E-state index is -1.15. The van der Waals surface area contributed by atoms with Gasteiger partial charge in [-0.25, -0.2) is 4.79 Å². The smallest absolute Gasteiger partial charge is 0.330 e. The van der Waals surface area contributed by atoms with Gasteiger partial charge in [-0.3, -0.25) is 4.79 Å². The molecule has 1 aromatic carbocycles. The fourth-order valence-corrected chi connectivity index (χ4v) is 3.60. The number of carbonyl (C=O) groups excluding carboxylic acids is 1. The van der Waals surface area contributed by atoms with Crippen molar-refractivity contribution in [2.45, 2.75) is 18.9 Å². The average molecular weight is 300 g/mol. The molecular weight excluding hydrogens is 286 g/mol. The van der Waals surface area contributed by atoms with Crippen molar-refractivity contribution < 1.29 is 14.7 Å². The molecule has 1 aliphatic rings. The Labute approximate surface area is 120 Å². The van der Waals surface area contributed by atoms with Crippen LogP contribution in [0.1, 0.15) is 22.3 Å². The van der Waals surface area contributed by atoms with E-state index < -0.39 is 11.5 Å². The van der Waals surface area contributed by atoms with E-state index in [1.165, 1.54) is 11.8 Å². The monoisotopic (exact) mass is 299 g/mol. The standard InChI is InChI=1S/C13H14ClNO3S/c1-8-6-9(14)2-3-10(8)11(16)15-13(12(17)18)4-5-19-7-13/h2-3,6H,4-5,7H2,1H3,(H,15,16)(H,17,18). The summed E-state index contributed by atoms with van der Waals surface area (Å²) < 4.78 is 0. The van der Waals surface area contributed by atoms with Gasteiger partial charge in [-0.05, 0) is 42.9 Å². The largest absolute Gasteiger partial charge is 0.479 e. The highest BCUT2D eigenvalue weighted by molar-refractivity contribution is 7.99. The maximum Gasteiger partial charge on any atom is 0.330 e. The number of carbonyl (C=O) groups is 2. The number of aryl methyl sites for hydroxylation is 1. The summed E-state index contributed by atoms with van der Waals surface area (Å²) in [4.78, 5) is 23.6. The molecule has 1 heterocycles. The van der Waals surface area contributed by atoms with Gasteiger partial charge in [-0.1, -0.05) is 11.6 Å². The number of amides is 1. The van der Waals surface area contributed by atoms with Crippen LogP contribution < -0.4 is 5.32 Å². The molecule has 1 amide bonds. The van der Waals surface area contributed by atoms with Crippen molar-refractivity contribution in [1.82, 2.24) is 5.32 Å². The lowest BCUT2D eigenvalue weighted by molar-refractivity contribution is -0.143. The molecule has 2 N–H and O–H groups in total. The summed E-state index contributed by atoms with van der Waals surface area (Å²) >= 11 is 7.38. The van der Waals surface area contributed by atoms with Gasteiger partial charge >= 0.3 is 5.97 Å². The molecule has 0 radical (unpaired) electrons. The minimum absolute atomic E-state index is 0.362. The number of benzene rings is 1. The zero-order valence-electron chi connectivity index (χ0n) is 10.4. The highest BCUT2D eigenvalue weighted by Crippen LogP contribution is 2.29. The lowest BCUT2D eigenvalue weighted by Crippen LogP contribution is -2.54. The van der Waals surface area contributed by atoms with Crippen molar-refractivity contribution in [3.05, 3.63) is 34.3 Å². The Morgan fingerprint density at radius 2 is 2.21 bits per heavy atom. The van der Waals surface area contributed by atoms with Crippen molar-refractivity contribution in [3.8, 4) is 0 Å². The van der Waals surface area contributed by atoms with E-state index in [1.807, 2.05) is 0 Å². The summed E-state index contributed by atoms with van der Waals surface area (Å²) in [6.07, 6.45) is 0.450. The van der Waals surface area contributed by atoms with Crippen LogP contribution in [0.4, 0.5) is 0 Å². The Kier molecular flexibility index (Phi) is 4.06. The molecule has 1 aliphatic heterocycles. The summed E-state index contributed by atoms with van der Waals surface area (Å²) in [5.74, 6) is -0.191. The maximum absolute atomic E-state index is 12.2. The van der Waals surface area contributed by atoms with E-state index in [9.17, 15) is 14.7 Å². The predicted molar refractivity (Wildman–Crippen MR) is 76.0 cm³/mol. The number of carboxylic acids is 1. The number of aliphatic carboxylic acids is 1. The number of carboxylic acid groups (broad SMARTS) is 1. The van der Waals surface area contributed by atoms with Crippen LogP contribution in [0.3, 0.4) is 0 Å². The molecule has 2 rings (SSSR count). The second-order valence-corrected chi connectivity index (χ2v) is 6.14. The quantitative estimate of drug-likeness (QED) is 0.899. The van der Waals surface area contributed by atoms with E-state index >= 15 is 0 Å². The van der Waals surface area contributed by atoms with Crippen molar-refractivity contribution in [2.24, 2.45) is 0 Å². The zero-order valence-corrected chi connectivity index (χ0v) is 12.0. The molecule has 4 nitrogen and oxygen atoms in total. The van der Waals surface area contributed by atoms with Gasteiger partial charge in [0.2, 0.25) is 0 Å². The highest BCUT2D eigenvalue weighted by atomic mass is 35.5. The SMILES string of the molecule is Cc1cc(Cl)ccc1C(=O)NC1(C(=O)O)CCSC1. The van der Waals surface area contributed by atoms with Gasteiger partial charge < -0.3 is 10.4 Å². The van der Waals surface area contributed by atoms with Crippen LogP contribution in [0.25, 0.3) is 0 Å². The molecule has 1 aromatic rings. The third-order valence-electron chi connectivity index (χ3n) is 3.22. The van der Waals surface area contributed by atoms with Crippen LogP contribution in [0.2, 0.25) is 5.02 Å². The molecular formula is C13H14ClNO3S. The second kappa shape index (κ2) is 5.43. The molecule has 19 heavy (non-hydrogen) atoms. The molecule has 102 valence electrons. The van der Waals surface area contributed by atoms with Gasteiger partial charge in [0.05, 0.1) is 0 Å². The fraction of sp³-hybridized carbons (Fsp3) is 0.385. The fourth-order valence-electron chi connectivity index (χ4n) is 2.05. The van der Waals surface area contributed by atoms with Crippen molar-refractivity contribution in [1.29, 1.82) is 0 Å². The summed E-state index contributed by atoms with van der Waals surface area (Å²) in [7, 11) is 0. The Balaban J connectivity index is 2.22. The maximum atomic E-state index is 12.2. The van der Waals surface area contributed by atoms with Crippen molar-refractivity contribution >= 4 is 35.2 Å². The molecule has 6 heteroatoms. The first kappa shape index (κ1) is 14.2. The van der Waals surface area contributed by atoms with E-state index in [-0.39, 0.29) is 5.91 Å². The number of halogens is 1. The van der Waals surface area contributed by atoms with Crippen LogP contribution in [-0.4, -0.2) is 34.0 Å². The third-order valence-corrected chi connectivity index (χ3v) is 4.64. The first-order valence-electron chi connectivity index (χ1n) is 5.84. The van der Waals surface area contributed by atoms with E-state index in [4.69, 9.17) is 11.6 Å². The van der Waals surface area contributed by atoms with E-state index in [1.54, 1.807) is 25.1 Å². The van der Waals surface area contributed by atoms with E-state index in [0.717, 1.165) is 11.3 Å². The summed E-state index contributed by atoms with van der Waals surface area (Å²) in [5, 5.41) is 12.5. The molecule has 1 atom stereocenters. The molecule has 1 unspecified atom stereocenters. The number of thioether (sulfide) groups is 1. The molecule has 0 spiro atoms. The van der Waals surface area contributed by atoms with Crippen LogP contribution in [-0.2, 0) is 4.79 Å². The summed E-state index contributed by atoms with van der Waals surface area (Å²) in [6.45, 7) is 1.78. The number of nitrogens with one attached hydrogen (secondary N) is 1. The Morgan fingerprint density at radius 1 is 1.47 bits per heavy atom. The topological polar surface area (TPSA) is 66.4 Å². The van der Waals surface area contributed by atoms with Gasteiger partial charge in [0.15, 0.2) is 0 Å². The van der Waals surface area contributed by atoms with Crippen molar-refractivity contribution in [3.63, 3.8) is 0 Å². The Morgan fingerprint density at radius 3 is 2.74 bits per heavy atom. The molecule has 0 aliphatic carbocycles. The number of hydrogen-bond donors (Lipinski definition) is 2. The molecule has 0 aromatic heterocycles. The van der Waals surface area contributed by atoms with Gasteiger partial charge in [0.25, 0.3) is 5.91 Å². The third kappa shape index (κ3) is 2.87. The molecule has 0 bridgehead atoms. The predicted octanol–water partition coefficient (Wildman–Crippen LogP) is 2.34. The minimum Gasteiger partial charge on any atom is -0.479 e. The van der Waals surface area contributed by atoms with Gasteiger partial charge in [-0.15, -0.1) is 0 Å². The van der Waals surface area contributed by atoms with Gasteiger partial charge in [-0.2, -0.15) is 11.8 Å². The molecule has 0 saturated carbocycles. The molecule has 1 fully saturated rings. The molecule has 1 saturated heterocycles. The Hall–Kier alpha value is -1.20. The first-order chi connectivity index (χ1) is 8.94. The number of hydrogen-bond acceptors (Lipinski definition) is 3. The van der Waals surface area contributed by atoms with Crippen LogP contribution in [0.5, 0.6) is 0 Å². The summed E-state index contributed by atoms with van der Waals surface area (Å²) in [5.41, 5.74) is 0.0477. The zero-order chi connectivity index (χ0) is 14.0. The van der Waals surface area contributed by atoms with Gasteiger partial charge in [0, 0.05) is 16.3 Å². The van der Waals surface area contributed by atoms with Crippen molar-refractivity contribution in [2.75, 3.05) is 11.5 Å². The van der Waals surface area contributed by atoms with Crippen LogP contribution in [0, 0.1) is 6.92 Å². The summed E-state index contributed by atoms with van der Waals surface area (Å²) in [6, 6.07) is 4.93. The lowest BCUT2D eigenvalue weighted by Gasteiger charge is -2.25. The normalized spacial score (nSPS) is 22.2. The average Bonchev–Trinajstić information content (AvgIpc) is 2.78. The van der Waals surface area contributed by atoms with Gasteiger partial charge in [0.1, 0.15) is 5.54 Å². The first-order valence-corrected chi connectivity index (χ1v) is 7.38. The van der Waals surface area contributed by atoms with Crippen LogP contribution in [0.15, 0.2) is 18.2 Å².